The Kier molecular flexibility index (Phi) is 5.53. The van der Waals surface area contributed by atoms with Crippen LogP contribution in [0.2, 0.25) is 0 Å². The van der Waals surface area contributed by atoms with Crippen molar-refractivity contribution in [3.8, 4) is 17.2 Å². The van der Waals surface area contributed by atoms with Crippen molar-refractivity contribution in [1.29, 1.82) is 0 Å². The van der Waals surface area contributed by atoms with Crippen molar-refractivity contribution in [3.05, 3.63) is 48.0 Å². The van der Waals surface area contributed by atoms with Crippen LogP contribution < -0.4 is 19.5 Å². The molecule has 2 aromatic carbocycles. The number of benzene rings is 2. The van der Waals surface area contributed by atoms with Crippen LogP contribution in [-0.2, 0) is 6.54 Å². The molecule has 0 fully saturated rings. The summed E-state index contributed by atoms with van der Waals surface area (Å²) in [5.41, 5.74) is 2.18. The van der Waals surface area contributed by atoms with E-state index in [4.69, 9.17) is 14.2 Å². The van der Waals surface area contributed by atoms with Gasteiger partial charge < -0.3 is 19.5 Å². The summed E-state index contributed by atoms with van der Waals surface area (Å²) in [6, 6.07) is 13.8. The van der Waals surface area contributed by atoms with Gasteiger partial charge in [0.25, 0.3) is 0 Å². The minimum atomic E-state index is 0.110. The molecule has 0 aliphatic rings. The fourth-order valence-electron chi connectivity index (χ4n) is 2.09. The second-order valence-electron chi connectivity index (χ2n) is 5.23. The van der Waals surface area contributed by atoms with E-state index in [1.54, 1.807) is 14.2 Å². The number of methoxy groups -OCH3 is 2. The lowest BCUT2D eigenvalue weighted by Gasteiger charge is -2.15. The van der Waals surface area contributed by atoms with Crippen LogP contribution in [0.15, 0.2) is 42.5 Å². The fraction of sp³-hybridized carbons (Fsp3) is 0.333. The van der Waals surface area contributed by atoms with Gasteiger partial charge in [-0.05, 0) is 55.8 Å². The first-order chi connectivity index (χ1) is 10.6. The van der Waals surface area contributed by atoms with Crippen molar-refractivity contribution in [2.75, 3.05) is 19.5 Å². The molecule has 0 saturated carbocycles. The Balaban J connectivity index is 2.05. The molecule has 0 amide bonds. The Morgan fingerprint density at radius 1 is 0.909 bits per heavy atom. The van der Waals surface area contributed by atoms with E-state index >= 15 is 0 Å². The Hall–Kier alpha value is -2.36. The van der Waals surface area contributed by atoms with Gasteiger partial charge in [0.2, 0.25) is 0 Å². The van der Waals surface area contributed by atoms with Gasteiger partial charge in [-0.2, -0.15) is 0 Å². The van der Waals surface area contributed by atoms with Gasteiger partial charge in [-0.3, -0.25) is 0 Å². The average molecular weight is 301 g/mol. The van der Waals surface area contributed by atoms with Crippen molar-refractivity contribution in [1.82, 2.24) is 0 Å². The van der Waals surface area contributed by atoms with Gasteiger partial charge in [0.1, 0.15) is 5.75 Å². The third kappa shape index (κ3) is 4.32. The van der Waals surface area contributed by atoms with Crippen molar-refractivity contribution < 1.29 is 14.2 Å². The number of hydrogen-bond donors (Lipinski definition) is 1. The van der Waals surface area contributed by atoms with Crippen molar-refractivity contribution in [3.63, 3.8) is 0 Å². The largest absolute Gasteiger partial charge is 0.497 e. The third-order valence-corrected chi connectivity index (χ3v) is 3.18. The predicted octanol–water partition coefficient (Wildman–Crippen LogP) is 4.10. The molecule has 22 heavy (non-hydrogen) atoms. The van der Waals surface area contributed by atoms with E-state index in [1.807, 2.05) is 56.3 Å². The molecule has 1 N–H and O–H groups in total. The first-order valence-corrected chi connectivity index (χ1v) is 7.34. The van der Waals surface area contributed by atoms with Crippen LogP contribution in [0.25, 0.3) is 0 Å². The average Bonchev–Trinajstić information content (AvgIpc) is 2.53. The number of nitrogens with one attached hydrogen (secondary N) is 1. The summed E-state index contributed by atoms with van der Waals surface area (Å²) >= 11 is 0. The number of ether oxygens (including phenoxy) is 3. The summed E-state index contributed by atoms with van der Waals surface area (Å²) in [6.45, 7) is 4.72. The van der Waals surface area contributed by atoms with Crippen LogP contribution >= 0.6 is 0 Å². The van der Waals surface area contributed by atoms with Crippen LogP contribution in [0.3, 0.4) is 0 Å². The zero-order valence-corrected chi connectivity index (χ0v) is 13.6. The Morgan fingerprint density at radius 3 is 2.23 bits per heavy atom. The molecular formula is C18H23NO3. The lowest BCUT2D eigenvalue weighted by atomic mass is 10.2. The molecule has 0 aromatic heterocycles. The molecule has 0 bridgehead atoms. The Morgan fingerprint density at radius 2 is 1.64 bits per heavy atom. The smallest absolute Gasteiger partial charge is 0.161 e. The normalized spacial score (nSPS) is 10.4. The van der Waals surface area contributed by atoms with Crippen molar-refractivity contribution in [2.24, 2.45) is 0 Å². The number of hydrogen-bond acceptors (Lipinski definition) is 4. The molecule has 4 nitrogen and oxygen atoms in total. The first kappa shape index (κ1) is 16.0. The lowest BCUT2D eigenvalue weighted by Crippen LogP contribution is -2.07. The molecule has 2 rings (SSSR count). The Labute approximate surface area is 132 Å². The molecule has 4 heteroatoms. The molecule has 0 radical (unpaired) electrons. The number of anilines is 1. The van der Waals surface area contributed by atoms with E-state index in [-0.39, 0.29) is 6.10 Å². The maximum atomic E-state index is 5.79. The summed E-state index contributed by atoms with van der Waals surface area (Å²) < 4.78 is 16.3. The van der Waals surface area contributed by atoms with Crippen LogP contribution in [0, 0.1) is 0 Å². The highest BCUT2D eigenvalue weighted by Crippen LogP contribution is 2.29. The number of rotatable bonds is 7. The molecule has 0 aliphatic heterocycles. The van der Waals surface area contributed by atoms with E-state index in [0.717, 1.165) is 28.5 Å². The summed E-state index contributed by atoms with van der Waals surface area (Å²) in [7, 11) is 3.31. The van der Waals surface area contributed by atoms with Gasteiger partial charge >= 0.3 is 0 Å². The first-order valence-electron chi connectivity index (χ1n) is 7.34. The zero-order valence-electron chi connectivity index (χ0n) is 13.6. The highest BCUT2D eigenvalue weighted by molar-refractivity contribution is 5.48. The van der Waals surface area contributed by atoms with Crippen molar-refractivity contribution in [2.45, 2.75) is 26.5 Å². The van der Waals surface area contributed by atoms with E-state index in [2.05, 4.69) is 5.32 Å². The summed E-state index contributed by atoms with van der Waals surface area (Å²) in [5.74, 6) is 2.37. The predicted molar refractivity (Wildman–Crippen MR) is 89.1 cm³/mol. The molecule has 118 valence electrons. The summed E-state index contributed by atoms with van der Waals surface area (Å²) in [5, 5.41) is 3.38. The quantitative estimate of drug-likeness (QED) is 0.835. The van der Waals surface area contributed by atoms with E-state index in [1.165, 1.54) is 0 Å². The zero-order chi connectivity index (χ0) is 15.9. The maximum absolute atomic E-state index is 5.79. The monoisotopic (exact) mass is 301 g/mol. The van der Waals surface area contributed by atoms with Crippen LogP contribution in [0.5, 0.6) is 17.2 Å². The minimum absolute atomic E-state index is 0.110. The minimum Gasteiger partial charge on any atom is -0.497 e. The Bertz CT molecular complexity index is 594. The van der Waals surface area contributed by atoms with E-state index < -0.39 is 0 Å². The molecule has 0 aliphatic carbocycles. The van der Waals surface area contributed by atoms with Gasteiger partial charge in [-0.25, -0.2) is 0 Å². The molecule has 0 spiro atoms. The maximum Gasteiger partial charge on any atom is 0.161 e. The topological polar surface area (TPSA) is 39.7 Å². The molecule has 2 aromatic rings. The molecule has 0 atom stereocenters. The van der Waals surface area contributed by atoms with Gasteiger partial charge in [0.05, 0.1) is 20.3 Å². The second kappa shape index (κ2) is 7.59. The van der Waals surface area contributed by atoms with Crippen molar-refractivity contribution >= 4 is 5.69 Å². The highest BCUT2D eigenvalue weighted by atomic mass is 16.5. The summed E-state index contributed by atoms with van der Waals surface area (Å²) in [6.07, 6.45) is 0.110. The highest BCUT2D eigenvalue weighted by Gasteiger charge is 2.07. The molecule has 0 saturated heterocycles. The van der Waals surface area contributed by atoms with E-state index in [9.17, 15) is 0 Å². The molecular weight excluding hydrogens is 278 g/mol. The molecule has 0 heterocycles. The summed E-state index contributed by atoms with van der Waals surface area (Å²) in [4.78, 5) is 0. The third-order valence-electron chi connectivity index (χ3n) is 3.18. The van der Waals surface area contributed by atoms with Gasteiger partial charge in [0.15, 0.2) is 11.5 Å². The standard InChI is InChI=1S/C18H23NO3/c1-13(2)22-18-11-14(5-10-17(18)21-4)12-19-15-6-8-16(20-3)9-7-15/h5-11,13,19H,12H2,1-4H3. The fourth-order valence-corrected chi connectivity index (χ4v) is 2.09. The lowest BCUT2D eigenvalue weighted by molar-refractivity contribution is 0.230. The van der Waals surface area contributed by atoms with Crippen LogP contribution in [-0.4, -0.2) is 20.3 Å². The SMILES string of the molecule is COc1ccc(NCc2ccc(OC)c(OC(C)C)c2)cc1. The molecule has 0 unspecified atom stereocenters. The van der Waals surface area contributed by atoms with Crippen LogP contribution in [0.1, 0.15) is 19.4 Å². The van der Waals surface area contributed by atoms with E-state index in [0.29, 0.717) is 6.54 Å². The van der Waals surface area contributed by atoms with Gasteiger partial charge in [0, 0.05) is 12.2 Å². The van der Waals surface area contributed by atoms with Gasteiger partial charge in [-0.15, -0.1) is 0 Å². The van der Waals surface area contributed by atoms with Crippen LogP contribution in [0.4, 0.5) is 5.69 Å². The second-order valence-corrected chi connectivity index (χ2v) is 5.23. The van der Waals surface area contributed by atoms with Gasteiger partial charge in [-0.1, -0.05) is 6.07 Å².